The van der Waals surface area contributed by atoms with Crippen molar-refractivity contribution in [2.75, 3.05) is 5.32 Å². The van der Waals surface area contributed by atoms with Gasteiger partial charge in [0.1, 0.15) is 5.56 Å². The van der Waals surface area contributed by atoms with Gasteiger partial charge in [-0.1, -0.05) is 0 Å². The number of imidazole rings is 1. The molecule has 7 heteroatoms. The lowest BCUT2D eigenvalue weighted by molar-refractivity contribution is 0.102. The minimum atomic E-state index is -0.289. The summed E-state index contributed by atoms with van der Waals surface area (Å²) in [5.74, 6) is 0.108. The largest absolute Gasteiger partial charge is 0.331 e. The molecule has 96 valence electrons. The van der Waals surface area contributed by atoms with Gasteiger partial charge in [-0.2, -0.15) is 5.10 Å². The molecule has 3 aromatic rings. The van der Waals surface area contributed by atoms with Crippen LogP contribution in [0.4, 0.5) is 5.95 Å². The molecular formula is C12H12N6O. The van der Waals surface area contributed by atoms with Crippen LogP contribution in [0.2, 0.25) is 0 Å². The number of amides is 1. The number of aryl methyl sites for hydroxylation is 2. The molecule has 0 fully saturated rings. The predicted octanol–water partition coefficient (Wildman–Crippen LogP) is 1.32. The lowest BCUT2D eigenvalue weighted by atomic mass is 10.3. The Labute approximate surface area is 108 Å². The SMILES string of the molecule is Cc1cc(C)n2ncc(C(=O)Nc3ncc[nH]3)c2n1. The Morgan fingerprint density at radius 1 is 1.42 bits per heavy atom. The standard InChI is InChI=1S/C12H12N6O/c1-7-5-8(2)18-10(16-7)9(6-15-18)11(19)17-12-13-3-4-14-12/h3-6H,1-2H3,(H2,13,14,17,19). The van der Waals surface area contributed by atoms with E-state index in [9.17, 15) is 4.79 Å². The predicted molar refractivity (Wildman–Crippen MR) is 69.0 cm³/mol. The second kappa shape index (κ2) is 4.20. The first-order valence-corrected chi connectivity index (χ1v) is 5.78. The topological polar surface area (TPSA) is 88.0 Å². The zero-order valence-corrected chi connectivity index (χ0v) is 10.5. The van der Waals surface area contributed by atoms with Crippen LogP contribution in [0.5, 0.6) is 0 Å². The normalized spacial score (nSPS) is 10.8. The van der Waals surface area contributed by atoms with Crippen LogP contribution in [0.1, 0.15) is 21.7 Å². The van der Waals surface area contributed by atoms with Gasteiger partial charge in [0, 0.05) is 23.8 Å². The summed E-state index contributed by atoms with van der Waals surface area (Å²) in [7, 11) is 0. The first-order chi connectivity index (χ1) is 9.15. The maximum atomic E-state index is 12.1. The number of rotatable bonds is 2. The summed E-state index contributed by atoms with van der Waals surface area (Å²) in [6.07, 6.45) is 4.71. The summed E-state index contributed by atoms with van der Waals surface area (Å²) in [6.45, 7) is 3.80. The molecular weight excluding hydrogens is 244 g/mol. The highest BCUT2D eigenvalue weighted by molar-refractivity contribution is 6.07. The molecule has 3 heterocycles. The quantitative estimate of drug-likeness (QED) is 0.723. The molecule has 3 rings (SSSR count). The fourth-order valence-corrected chi connectivity index (χ4v) is 1.94. The summed E-state index contributed by atoms with van der Waals surface area (Å²) in [5, 5.41) is 6.83. The number of fused-ring (bicyclic) bond motifs is 1. The number of hydrogen-bond acceptors (Lipinski definition) is 4. The van der Waals surface area contributed by atoms with Gasteiger partial charge >= 0.3 is 0 Å². The van der Waals surface area contributed by atoms with E-state index >= 15 is 0 Å². The minimum absolute atomic E-state index is 0.289. The van der Waals surface area contributed by atoms with Crippen molar-refractivity contribution in [2.24, 2.45) is 0 Å². The monoisotopic (exact) mass is 256 g/mol. The number of carbonyl (C=O) groups is 1. The number of H-pyrrole nitrogens is 1. The van der Waals surface area contributed by atoms with Gasteiger partial charge in [0.05, 0.1) is 6.20 Å². The third kappa shape index (κ3) is 1.95. The Balaban J connectivity index is 2.03. The Morgan fingerprint density at radius 2 is 2.26 bits per heavy atom. The second-order valence-corrected chi connectivity index (χ2v) is 4.22. The number of aromatic nitrogens is 5. The van der Waals surface area contributed by atoms with E-state index in [4.69, 9.17) is 0 Å². The minimum Gasteiger partial charge on any atom is -0.331 e. The third-order valence-corrected chi connectivity index (χ3v) is 2.75. The van der Waals surface area contributed by atoms with Gasteiger partial charge in [-0.3, -0.25) is 10.1 Å². The van der Waals surface area contributed by atoms with Crippen molar-refractivity contribution < 1.29 is 4.79 Å². The zero-order valence-electron chi connectivity index (χ0n) is 10.5. The molecule has 0 spiro atoms. The van der Waals surface area contributed by atoms with Crippen molar-refractivity contribution in [2.45, 2.75) is 13.8 Å². The van der Waals surface area contributed by atoms with Crippen molar-refractivity contribution in [1.82, 2.24) is 24.6 Å². The van der Waals surface area contributed by atoms with Crippen LogP contribution in [-0.4, -0.2) is 30.5 Å². The number of hydrogen-bond donors (Lipinski definition) is 2. The van der Waals surface area contributed by atoms with E-state index in [1.165, 1.54) is 6.20 Å². The van der Waals surface area contributed by atoms with Gasteiger partial charge in [0.15, 0.2) is 5.65 Å². The van der Waals surface area contributed by atoms with E-state index in [1.54, 1.807) is 16.9 Å². The number of aromatic amines is 1. The highest BCUT2D eigenvalue weighted by Crippen LogP contribution is 2.13. The molecule has 0 unspecified atom stereocenters. The average Bonchev–Trinajstić information content (AvgIpc) is 2.97. The van der Waals surface area contributed by atoms with Crippen LogP contribution in [0.25, 0.3) is 5.65 Å². The van der Waals surface area contributed by atoms with E-state index in [0.29, 0.717) is 17.2 Å². The fourth-order valence-electron chi connectivity index (χ4n) is 1.94. The molecule has 19 heavy (non-hydrogen) atoms. The van der Waals surface area contributed by atoms with E-state index in [-0.39, 0.29) is 5.91 Å². The maximum Gasteiger partial charge on any atom is 0.263 e. The van der Waals surface area contributed by atoms with Gasteiger partial charge in [-0.25, -0.2) is 14.5 Å². The van der Waals surface area contributed by atoms with Crippen molar-refractivity contribution >= 4 is 17.5 Å². The van der Waals surface area contributed by atoms with Crippen molar-refractivity contribution in [3.8, 4) is 0 Å². The summed E-state index contributed by atoms with van der Waals surface area (Å²) in [4.78, 5) is 23.3. The molecule has 0 aliphatic carbocycles. The van der Waals surface area contributed by atoms with Gasteiger partial charge < -0.3 is 4.98 Å². The molecule has 2 N–H and O–H groups in total. The van der Waals surface area contributed by atoms with Crippen molar-refractivity contribution in [3.05, 3.63) is 41.6 Å². The molecule has 0 atom stereocenters. The second-order valence-electron chi connectivity index (χ2n) is 4.22. The number of anilines is 1. The Bertz CT molecular complexity index is 743. The average molecular weight is 256 g/mol. The summed E-state index contributed by atoms with van der Waals surface area (Å²) < 4.78 is 1.64. The molecule has 1 amide bonds. The highest BCUT2D eigenvalue weighted by atomic mass is 16.1. The van der Waals surface area contributed by atoms with Crippen molar-refractivity contribution in [3.63, 3.8) is 0 Å². The zero-order chi connectivity index (χ0) is 13.4. The summed E-state index contributed by atoms with van der Waals surface area (Å²) in [6, 6.07) is 1.91. The summed E-state index contributed by atoms with van der Waals surface area (Å²) >= 11 is 0. The molecule has 3 aromatic heterocycles. The first kappa shape index (κ1) is 11.4. The van der Waals surface area contributed by atoms with Crippen LogP contribution >= 0.6 is 0 Å². The third-order valence-electron chi connectivity index (χ3n) is 2.75. The molecule has 0 radical (unpaired) electrons. The Hall–Kier alpha value is -2.70. The van der Waals surface area contributed by atoms with Crippen LogP contribution < -0.4 is 5.32 Å². The molecule has 0 aliphatic rings. The van der Waals surface area contributed by atoms with Gasteiger partial charge in [-0.05, 0) is 19.9 Å². The van der Waals surface area contributed by atoms with E-state index in [0.717, 1.165) is 11.4 Å². The Kier molecular flexibility index (Phi) is 2.52. The van der Waals surface area contributed by atoms with Crippen LogP contribution in [0, 0.1) is 13.8 Å². The van der Waals surface area contributed by atoms with Gasteiger partial charge in [0.25, 0.3) is 5.91 Å². The highest BCUT2D eigenvalue weighted by Gasteiger charge is 2.16. The molecule has 7 nitrogen and oxygen atoms in total. The van der Waals surface area contributed by atoms with Crippen LogP contribution in [-0.2, 0) is 0 Å². The molecule has 0 aromatic carbocycles. The molecule has 0 bridgehead atoms. The number of carbonyl (C=O) groups excluding carboxylic acids is 1. The van der Waals surface area contributed by atoms with E-state index in [2.05, 4.69) is 25.4 Å². The van der Waals surface area contributed by atoms with Crippen LogP contribution in [0.3, 0.4) is 0 Å². The lowest BCUT2D eigenvalue weighted by Gasteiger charge is -2.02. The Morgan fingerprint density at radius 3 is 3.00 bits per heavy atom. The first-order valence-electron chi connectivity index (χ1n) is 5.78. The van der Waals surface area contributed by atoms with E-state index in [1.807, 2.05) is 19.9 Å². The summed E-state index contributed by atoms with van der Waals surface area (Å²) in [5.41, 5.74) is 2.74. The molecule has 0 saturated heterocycles. The fraction of sp³-hybridized carbons (Fsp3) is 0.167. The smallest absolute Gasteiger partial charge is 0.263 e. The van der Waals surface area contributed by atoms with Crippen LogP contribution in [0.15, 0.2) is 24.7 Å². The number of nitrogens with zero attached hydrogens (tertiary/aromatic N) is 4. The number of nitrogens with one attached hydrogen (secondary N) is 2. The van der Waals surface area contributed by atoms with Crippen molar-refractivity contribution in [1.29, 1.82) is 0 Å². The van der Waals surface area contributed by atoms with Gasteiger partial charge in [0.2, 0.25) is 5.95 Å². The van der Waals surface area contributed by atoms with Gasteiger partial charge in [-0.15, -0.1) is 0 Å². The lowest BCUT2D eigenvalue weighted by Crippen LogP contribution is -2.13. The molecule has 0 aliphatic heterocycles. The maximum absolute atomic E-state index is 12.1. The van der Waals surface area contributed by atoms with E-state index < -0.39 is 0 Å². The molecule has 0 saturated carbocycles.